The number of allylic oxidation sites excluding steroid dienone is 9. The van der Waals surface area contributed by atoms with E-state index >= 15 is 0 Å². The zero-order valence-electron chi connectivity index (χ0n) is 20.2. The van der Waals surface area contributed by atoms with Crippen molar-refractivity contribution in [2.45, 2.75) is 84.6 Å². The molecule has 7 nitrogen and oxygen atoms in total. The lowest BCUT2D eigenvalue weighted by Crippen LogP contribution is -2.60. The Hall–Kier alpha value is -2.03. The van der Waals surface area contributed by atoms with Gasteiger partial charge in [0, 0.05) is 0 Å². The lowest BCUT2D eigenvalue weighted by Gasteiger charge is -2.38. The quantitative estimate of drug-likeness (QED) is 0.408. The third-order valence-corrected chi connectivity index (χ3v) is 6.25. The minimum absolute atomic E-state index is 0.0398. The first-order valence-electron chi connectivity index (χ1n) is 11.4. The normalized spacial score (nSPS) is 31.6. The SMILES string of the molecule is CC1=C(/C=C/C(C)=C\C=C\C(C)=C\CO[C@@H]2O[C@H](C(=O)O)[C@@H](O)[C@H](O)[C@H]2O)C(C)(C)CCC1. The number of carbonyl (C=O) groups is 1. The zero-order valence-corrected chi connectivity index (χ0v) is 20.2. The largest absolute Gasteiger partial charge is 0.479 e. The molecule has 1 heterocycles. The van der Waals surface area contributed by atoms with Crippen LogP contribution in [0, 0.1) is 5.41 Å². The van der Waals surface area contributed by atoms with Crippen LogP contribution < -0.4 is 0 Å². The zero-order chi connectivity index (χ0) is 24.8. The molecule has 0 aromatic rings. The molecule has 0 amide bonds. The van der Waals surface area contributed by atoms with Crippen LogP contribution in [-0.4, -0.2) is 63.7 Å². The highest BCUT2D eigenvalue weighted by Crippen LogP contribution is 2.40. The molecule has 2 aliphatic rings. The number of aliphatic hydroxyl groups is 3. The summed E-state index contributed by atoms with van der Waals surface area (Å²) in [6.45, 7) is 10.8. The van der Waals surface area contributed by atoms with E-state index < -0.39 is 36.7 Å². The number of hydrogen-bond acceptors (Lipinski definition) is 6. The Kier molecular flexibility index (Phi) is 9.82. The third-order valence-electron chi connectivity index (χ3n) is 6.25. The second-order valence-corrected chi connectivity index (χ2v) is 9.55. The highest BCUT2D eigenvalue weighted by Gasteiger charge is 2.47. The summed E-state index contributed by atoms with van der Waals surface area (Å²) in [7, 11) is 0. The van der Waals surface area contributed by atoms with Gasteiger partial charge in [0.1, 0.15) is 18.3 Å². The smallest absolute Gasteiger partial charge is 0.335 e. The Bertz CT molecular complexity index is 847. The molecule has 0 spiro atoms. The van der Waals surface area contributed by atoms with Gasteiger partial charge in [-0.1, -0.05) is 67.0 Å². The summed E-state index contributed by atoms with van der Waals surface area (Å²) < 4.78 is 10.5. The van der Waals surface area contributed by atoms with Crippen molar-refractivity contribution in [1.82, 2.24) is 0 Å². The van der Waals surface area contributed by atoms with Crippen molar-refractivity contribution in [1.29, 1.82) is 0 Å². The molecule has 4 N–H and O–H groups in total. The molecule has 1 aliphatic carbocycles. The van der Waals surface area contributed by atoms with Crippen molar-refractivity contribution < 1.29 is 34.7 Å². The van der Waals surface area contributed by atoms with Gasteiger partial charge in [0.05, 0.1) is 6.61 Å². The molecule has 0 aromatic carbocycles. The fourth-order valence-corrected chi connectivity index (χ4v) is 4.16. The van der Waals surface area contributed by atoms with Crippen molar-refractivity contribution in [3.63, 3.8) is 0 Å². The van der Waals surface area contributed by atoms with E-state index in [4.69, 9.17) is 14.6 Å². The van der Waals surface area contributed by atoms with Gasteiger partial charge in [-0.2, -0.15) is 0 Å². The van der Waals surface area contributed by atoms with Gasteiger partial charge in [-0.25, -0.2) is 4.79 Å². The molecule has 0 aromatic heterocycles. The highest BCUT2D eigenvalue weighted by atomic mass is 16.7. The van der Waals surface area contributed by atoms with Gasteiger partial charge in [-0.3, -0.25) is 0 Å². The predicted octanol–water partition coefficient (Wildman–Crippen LogP) is 3.43. The van der Waals surface area contributed by atoms with Crippen LogP contribution in [0.3, 0.4) is 0 Å². The highest BCUT2D eigenvalue weighted by molar-refractivity contribution is 5.73. The van der Waals surface area contributed by atoms with E-state index in [9.17, 15) is 20.1 Å². The summed E-state index contributed by atoms with van der Waals surface area (Å²) in [5, 5.41) is 38.5. The van der Waals surface area contributed by atoms with Crippen molar-refractivity contribution >= 4 is 5.97 Å². The summed E-state index contributed by atoms with van der Waals surface area (Å²) in [5.41, 5.74) is 5.13. The Morgan fingerprint density at radius 1 is 1.12 bits per heavy atom. The average Bonchev–Trinajstić information content (AvgIpc) is 2.72. The number of hydrogen-bond donors (Lipinski definition) is 4. The van der Waals surface area contributed by atoms with Gasteiger partial charge < -0.3 is 29.9 Å². The predicted molar refractivity (Wildman–Crippen MR) is 126 cm³/mol. The number of carboxylic acid groups (broad SMARTS) is 1. The van der Waals surface area contributed by atoms with Gasteiger partial charge in [0.25, 0.3) is 0 Å². The maximum atomic E-state index is 11.1. The first-order chi connectivity index (χ1) is 15.4. The number of aliphatic hydroxyl groups excluding tert-OH is 3. The van der Waals surface area contributed by atoms with E-state index in [1.165, 1.54) is 24.0 Å². The summed E-state index contributed by atoms with van der Waals surface area (Å²) in [4.78, 5) is 11.1. The molecule has 0 unspecified atom stereocenters. The maximum Gasteiger partial charge on any atom is 0.335 e. The van der Waals surface area contributed by atoms with Crippen molar-refractivity contribution in [2.75, 3.05) is 6.61 Å². The van der Waals surface area contributed by atoms with Crippen LogP contribution in [0.15, 0.2) is 58.7 Å². The van der Waals surface area contributed by atoms with Gasteiger partial charge >= 0.3 is 5.97 Å². The molecule has 184 valence electrons. The molecular weight excluding hydrogens is 424 g/mol. The minimum Gasteiger partial charge on any atom is -0.479 e. The van der Waals surface area contributed by atoms with Gasteiger partial charge in [0.15, 0.2) is 12.4 Å². The molecule has 1 saturated heterocycles. The van der Waals surface area contributed by atoms with E-state index in [1.807, 2.05) is 25.2 Å². The average molecular weight is 463 g/mol. The summed E-state index contributed by atoms with van der Waals surface area (Å²) in [5.74, 6) is -1.44. The summed E-state index contributed by atoms with van der Waals surface area (Å²) >= 11 is 0. The van der Waals surface area contributed by atoms with Crippen LogP contribution in [0.4, 0.5) is 0 Å². The second kappa shape index (κ2) is 11.9. The number of carboxylic acids is 1. The van der Waals surface area contributed by atoms with Crippen LogP contribution in [0.1, 0.15) is 53.9 Å². The van der Waals surface area contributed by atoms with E-state index in [2.05, 4.69) is 39.8 Å². The van der Waals surface area contributed by atoms with Crippen molar-refractivity contribution in [3.05, 3.63) is 58.7 Å². The summed E-state index contributed by atoms with van der Waals surface area (Å²) in [6, 6.07) is 0. The Labute approximate surface area is 196 Å². The molecule has 2 rings (SSSR count). The molecule has 0 saturated carbocycles. The molecular formula is C26H38O7. The topological polar surface area (TPSA) is 116 Å². The van der Waals surface area contributed by atoms with Crippen molar-refractivity contribution in [3.8, 4) is 0 Å². The van der Waals surface area contributed by atoms with Crippen LogP contribution >= 0.6 is 0 Å². The Morgan fingerprint density at radius 3 is 2.45 bits per heavy atom. The second-order valence-electron chi connectivity index (χ2n) is 9.55. The van der Waals surface area contributed by atoms with E-state index in [0.717, 1.165) is 17.6 Å². The van der Waals surface area contributed by atoms with Gasteiger partial charge in [0.2, 0.25) is 0 Å². The molecule has 7 heteroatoms. The van der Waals surface area contributed by atoms with Crippen molar-refractivity contribution in [2.24, 2.45) is 5.41 Å². The van der Waals surface area contributed by atoms with Gasteiger partial charge in [-0.05, 0) is 51.0 Å². The van der Waals surface area contributed by atoms with Crippen LogP contribution in [0.2, 0.25) is 0 Å². The lowest BCUT2D eigenvalue weighted by molar-refractivity contribution is -0.291. The number of rotatable bonds is 8. The van der Waals surface area contributed by atoms with Crippen LogP contribution in [0.5, 0.6) is 0 Å². The monoisotopic (exact) mass is 462 g/mol. The molecule has 0 radical (unpaired) electrons. The standard InChI is InChI=1S/C26H38O7/c1-16(11-12-19-18(3)10-7-14-26(19,4)5)8-6-9-17(2)13-15-32-25-22(29)20(27)21(28)23(33-25)24(30)31/h6,8-9,11-13,20-23,25,27-29H,7,10,14-15H2,1-5H3,(H,30,31)/b9-6+,12-11+,16-8-,17-13+/t20-,21-,22+,23-,25+/m0/s1. The minimum atomic E-state index is -1.73. The fraction of sp³-hybridized carbons (Fsp3) is 0.577. The Morgan fingerprint density at radius 2 is 1.82 bits per heavy atom. The van der Waals surface area contributed by atoms with Crippen LogP contribution in [-0.2, 0) is 14.3 Å². The first-order valence-corrected chi connectivity index (χ1v) is 11.4. The molecule has 0 bridgehead atoms. The molecule has 33 heavy (non-hydrogen) atoms. The number of ether oxygens (including phenoxy) is 2. The first kappa shape index (κ1) is 27.2. The van der Waals surface area contributed by atoms with Gasteiger partial charge in [-0.15, -0.1) is 0 Å². The van der Waals surface area contributed by atoms with Crippen LogP contribution in [0.25, 0.3) is 0 Å². The van der Waals surface area contributed by atoms with E-state index in [1.54, 1.807) is 6.08 Å². The third kappa shape index (κ3) is 7.48. The van der Waals surface area contributed by atoms with E-state index in [-0.39, 0.29) is 12.0 Å². The fourth-order valence-electron chi connectivity index (χ4n) is 4.16. The Balaban J connectivity index is 1.90. The van der Waals surface area contributed by atoms with E-state index in [0.29, 0.717) is 0 Å². The maximum absolute atomic E-state index is 11.1. The summed E-state index contributed by atoms with van der Waals surface area (Å²) in [6.07, 6.45) is 7.62. The number of aliphatic carboxylic acids is 1. The lowest BCUT2D eigenvalue weighted by atomic mass is 9.72. The molecule has 1 aliphatic heterocycles. The molecule has 1 fully saturated rings. The molecule has 5 atom stereocenters.